The van der Waals surface area contributed by atoms with Crippen molar-refractivity contribution in [1.82, 2.24) is 0 Å². The number of hydrogen-bond acceptors (Lipinski definition) is 0. The fourth-order valence-electron chi connectivity index (χ4n) is 9.75. The Morgan fingerprint density at radius 2 is 0.273 bits per heavy atom. The van der Waals surface area contributed by atoms with Crippen molar-refractivity contribution in [2.45, 2.75) is 0 Å². The second kappa shape index (κ2) is 28.1. The molecule has 0 saturated heterocycles. The smallest absolute Gasteiger partial charge is 0.0134 e. The molecule has 0 aliphatic carbocycles. The van der Waals surface area contributed by atoms with E-state index in [4.69, 9.17) is 0 Å². The Hall–Kier alpha value is -5.99. The van der Waals surface area contributed by atoms with Crippen molar-refractivity contribution >= 4 is 102 Å². The number of hydrogen-bond donors (Lipinski definition) is 0. The van der Waals surface area contributed by atoms with Gasteiger partial charge in [0.25, 0.3) is 0 Å². The van der Waals surface area contributed by atoms with E-state index in [0.717, 1.165) is 0 Å². The van der Waals surface area contributed by atoms with Gasteiger partial charge in [-0.05, 0) is 47.7 Å². The van der Waals surface area contributed by atoms with Crippen LogP contribution in [0.2, 0.25) is 0 Å². The maximum Gasteiger partial charge on any atom is -0.0134 e. The van der Waals surface area contributed by atoms with Gasteiger partial charge >= 0.3 is 246 Å². The maximum absolute atomic E-state index is 3.77. The van der Waals surface area contributed by atoms with Crippen LogP contribution in [0.4, 0.5) is 0 Å². The van der Waals surface area contributed by atoms with E-state index in [-0.39, 0.29) is 0 Å². The molecule has 12 rings (SSSR count). The zero-order chi connectivity index (χ0) is 52.2. The van der Waals surface area contributed by atoms with Crippen molar-refractivity contribution in [1.29, 1.82) is 0 Å². The van der Waals surface area contributed by atoms with Gasteiger partial charge in [-0.15, -0.1) is 0 Å². The molecule has 12 aromatic rings. The molecule has 0 bridgehead atoms. The minimum atomic E-state index is -3.77. The van der Waals surface area contributed by atoms with Crippen LogP contribution in [0.15, 0.2) is 364 Å². The minimum Gasteiger partial charge on any atom is -0.0622 e. The number of benzene rings is 12. The Balaban J connectivity index is 0.000000147. The summed E-state index contributed by atoms with van der Waals surface area (Å²) in [7, 11) is -0.345. The molecule has 0 aliphatic rings. The first-order valence-electron chi connectivity index (χ1n) is 26.1. The van der Waals surface area contributed by atoms with Gasteiger partial charge in [0.05, 0.1) is 0 Å². The van der Waals surface area contributed by atoms with Gasteiger partial charge in [-0.3, -0.25) is 0 Å². The van der Waals surface area contributed by atoms with Gasteiger partial charge in [-0.2, -0.15) is 0 Å². The normalized spacial score (nSPS) is 11.2. The molecular weight excluding hydrogens is 1450 g/mol. The third kappa shape index (κ3) is 13.3. The van der Waals surface area contributed by atoms with Crippen LogP contribution >= 0.6 is 15.8 Å². The van der Waals surface area contributed by atoms with Crippen molar-refractivity contribution in [3.63, 3.8) is 0 Å². The van der Waals surface area contributed by atoms with Crippen molar-refractivity contribution in [2.75, 3.05) is 0 Å². The van der Waals surface area contributed by atoms with Gasteiger partial charge < -0.3 is 0 Å². The van der Waals surface area contributed by atoms with Crippen molar-refractivity contribution < 1.29 is 9.19 Å². The molecule has 0 spiro atoms. The molecule has 12 aromatic carbocycles. The van der Waals surface area contributed by atoms with Crippen LogP contribution in [0, 0.1) is 0 Å². The molecule has 0 heterocycles. The topological polar surface area (TPSA) is 0 Å². The molecule has 0 unspecified atom stereocenters. The quantitative estimate of drug-likeness (QED) is 0.0752. The molecule has 77 heavy (non-hydrogen) atoms. The monoisotopic (exact) mass is 1510 g/mol. The molecule has 0 amide bonds. The second-order valence-corrected chi connectivity index (χ2v) is 102. The van der Waals surface area contributed by atoms with Gasteiger partial charge in [-0.25, -0.2) is 0 Å². The molecule has 0 saturated carbocycles. The Morgan fingerprint density at radius 1 is 0.156 bits per heavy atom. The Kier molecular flexibility index (Phi) is 19.8. The van der Waals surface area contributed by atoms with Crippen LogP contribution in [0.25, 0.3) is 0 Å². The van der Waals surface area contributed by atoms with Gasteiger partial charge in [0.1, 0.15) is 0 Å². The number of rotatable bonds is 14. The fraction of sp³-hybridized carbons (Fsp3) is 0. The Morgan fingerprint density at radius 3 is 0.403 bits per heavy atom. The summed E-state index contributed by atoms with van der Waals surface area (Å²) in [4.78, 5) is 0. The standard InChI is InChI=1S/2C18H15P.6C6H5.2Pb.Pd/c2*1-4-10-16(11-5-1)19(17-12-6-2-7-13-17)18-14-8-3-9-15-18;6*1-2-4-6-5-3-1;;;/h2*1-15H;6*1-5H;;;. The van der Waals surface area contributed by atoms with E-state index in [1.807, 2.05) is 0 Å². The molecule has 0 nitrogen and oxygen atoms in total. The largest absolute Gasteiger partial charge is 0.0622 e. The molecule has 0 fully saturated rings. The van der Waals surface area contributed by atoms with E-state index < -0.39 is 51.5 Å². The minimum absolute atomic E-state index is 0.446. The van der Waals surface area contributed by atoms with Gasteiger partial charge in [0.15, 0.2) is 0 Å². The first-order chi connectivity index (χ1) is 38.2. The summed E-state index contributed by atoms with van der Waals surface area (Å²) in [6.45, 7) is 0. The van der Waals surface area contributed by atoms with E-state index in [9.17, 15) is 0 Å². The molecule has 0 atom stereocenters. The van der Waals surface area contributed by atoms with Crippen LogP contribution in [-0.2, 0) is 9.19 Å². The summed E-state index contributed by atoms with van der Waals surface area (Å²) in [5.74, 6) is 0. The third-order valence-electron chi connectivity index (χ3n) is 13.2. The average molecular weight is 1510 g/mol. The SMILES string of the molecule is c1cc[c]([Pb]([Pd][Pb]([c]2ccccc2)([c]2ccccc2)[c]2ccccc2)([c]2ccccc2)[c]2ccccc2)cc1.c1ccc(P(c2ccccc2)c2ccccc2)cc1.c1ccc(P(c2ccccc2)c2ccccc2)cc1. The van der Waals surface area contributed by atoms with Crippen LogP contribution in [0.3, 0.4) is 0 Å². The second-order valence-electron chi connectivity index (χ2n) is 18.2. The third-order valence-corrected chi connectivity index (χ3v) is 175. The Bertz CT molecular complexity index is 2930. The molecular formula is C72H60P2Pb2Pd. The average Bonchev–Trinajstić information content (AvgIpc) is 3.56. The van der Waals surface area contributed by atoms with E-state index in [1.165, 1.54) is 31.8 Å². The van der Waals surface area contributed by atoms with Crippen LogP contribution < -0.4 is 50.6 Å². The van der Waals surface area contributed by atoms with Crippen molar-refractivity contribution in [3.8, 4) is 0 Å². The summed E-state index contributed by atoms with van der Waals surface area (Å²) in [5, 5.41) is 8.39. The molecule has 0 radical (unpaired) electrons. The summed E-state index contributed by atoms with van der Waals surface area (Å²) in [6.07, 6.45) is 0. The molecule has 0 aliphatic heterocycles. The summed E-state index contributed by atoms with van der Waals surface area (Å²) >= 11 is -7.54. The van der Waals surface area contributed by atoms with Crippen LogP contribution in [0.1, 0.15) is 0 Å². The van der Waals surface area contributed by atoms with Crippen LogP contribution in [-0.4, -0.2) is 35.7 Å². The van der Waals surface area contributed by atoms with Gasteiger partial charge in [0, 0.05) is 0 Å². The maximum atomic E-state index is 2.44. The van der Waals surface area contributed by atoms with E-state index in [0.29, 0.717) is 9.19 Å². The summed E-state index contributed by atoms with van der Waals surface area (Å²) in [5.41, 5.74) is 0. The zero-order valence-corrected chi connectivity index (χ0v) is 54.0. The molecule has 0 N–H and O–H groups in total. The van der Waals surface area contributed by atoms with Crippen LogP contribution in [0.5, 0.6) is 0 Å². The van der Waals surface area contributed by atoms with Crippen molar-refractivity contribution in [3.05, 3.63) is 364 Å². The van der Waals surface area contributed by atoms with Crippen molar-refractivity contribution in [2.24, 2.45) is 0 Å². The predicted molar refractivity (Wildman–Crippen MR) is 338 cm³/mol. The molecule has 0 aromatic heterocycles. The summed E-state index contributed by atoms with van der Waals surface area (Å²) < 4.78 is 9.52. The molecule has 5 heteroatoms. The van der Waals surface area contributed by atoms with E-state index in [1.54, 1.807) is 18.7 Å². The Labute approximate surface area is 470 Å². The van der Waals surface area contributed by atoms with Gasteiger partial charge in [-0.1, -0.05) is 182 Å². The molecule has 376 valence electrons. The zero-order valence-electron chi connectivity index (χ0n) is 42.9. The van der Waals surface area contributed by atoms with E-state index >= 15 is 0 Å². The first-order valence-corrected chi connectivity index (χ1v) is 56.5. The van der Waals surface area contributed by atoms with E-state index in [2.05, 4.69) is 364 Å². The predicted octanol–water partition coefficient (Wildman–Crippen LogP) is 11.3. The van der Waals surface area contributed by atoms with Gasteiger partial charge in [0.2, 0.25) is 0 Å². The summed E-state index contributed by atoms with van der Waals surface area (Å²) in [6, 6.07) is 134. The first kappa shape index (κ1) is 54.4. The fourth-order valence-corrected chi connectivity index (χ4v) is 256.